The van der Waals surface area contributed by atoms with E-state index in [0.717, 1.165) is 22.0 Å². The van der Waals surface area contributed by atoms with Crippen molar-refractivity contribution in [3.05, 3.63) is 77.7 Å². The first-order valence-electron chi connectivity index (χ1n) is 11.7. The number of amides is 3. The summed E-state index contributed by atoms with van der Waals surface area (Å²) in [5, 5.41) is 20.1. The number of primary amides is 1. The fourth-order valence-corrected chi connectivity index (χ4v) is 4.13. The minimum atomic E-state index is -1.58. The Morgan fingerprint density at radius 1 is 1.11 bits per heavy atom. The fraction of sp³-hybridized carbons (Fsp3) is 0.280. The van der Waals surface area contributed by atoms with E-state index in [4.69, 9.17) is 10.5 Å². The van der Waals surface area contributed by atoms with Gasteiger partial charge in [0.2, 0.25) is 5.91 Å². The zero-order valence-electron chi connectivity index (χ0n) is 20.2. The molecule has 0 aliphatic rings. The van der Waals surface area contributed by atoms with Gasteiger partial charge in [-0.2, -0.15) is 0 Å². The fourth-order valence-electron chi connectivity index (χ4n) is 4.13. The summed E-state index contributed by atoms with van der Waals surface area (Å²) in [5.74, 6) is -0.287. The standard InChI is InChI=1S/C25H28N8O4/c1-25(37-24(26)36,13-17-14-27-19-10-6-5-9-18(17)19)23(35)28-15-20(16-7-3-2-4-8-16)29-22(34)12-11-21-30-32-33-31-21/h2-10,14,20,27H,11-13,15H2,1H3,(H2,26,36)(H,28,35)(H,29,34)(H,30,31,32,33). The van der Waals surface area contributed by atoms with Crippen molar-refractivity contribution >= 4 is 28.8 Å². The van der Waals surface area contributed by atoms with E-state index in [1.165, 1.54) is 6.92 Å². The van der Waals surface area contributed by atoms with Crippen LogP contribution >= 0.6 is 0 Å². The number of nitrogens with one attached hydrogen (secondary N) is 4. The van der Waals surface area contributed by atoms with E-state index < -0.39 is 23.6 Å². The lowest BCUT2D eigenvalue weighted by Gasteiger charge is -2.29. The lowest BCUT2D eigenvalue weighted by molar-refractivity contribution is -0.138. The third-order valence-electron chi connectivity index (χ3n) is 5.99. The van der Waals surface area contributed by atoms with E-state index in [2.05, 4.69) is 36.2 Å². The summed E-state index contributed by atoms with van der Waals surface area (Å²) in [6.07, 6.45) is 1.29. The maximum Gasteiger partial charge on any atom is 0.405 e. The molecular weight excluding hydrogens is 476 g/mol. The number of nitrogens with zero attached hydrogens (tertiary/aromatic N) is 3. The molecule has 192 valence electrons. The van der Waals surface area contributed by atoms with Crippen LogP contribution in [0.2, 0.25) is 0 Å². The molecule has 4 aromatic rings. The number of ether oxygens (including phenoxy) is 1. The zero-order valence-corrected chi connectivity index (χ0v) is 20.2. The van der Waals surface area contributed by atoms with Gasteiger partial charge < -0.3 is 26.1 Å². The van der Waals surface area contributed by atoms with Gasteiger partial charge in [-0.05, 0) is 34.5 Å². The summed E-state index contributed by atoms with van der Waals surface area (Å²) in [4.78, 5) is 40.9. The Bertz CT molecular complexity index is 1360. The number of H-pyrrole nitrogens is 2. The molecule has 4 rings (SSSR count). The van der Waals surface area contributed by atoms with Gasteiger partial charge in [-0.15, -0.1) is 5.10 Å². The maximum atomic E-state index is 13.4. The van der Waals surface area contributed by atoms with Crippen molar-refractivity contribution in [3.8, 4) is 0 Å². The second-order valence-corrected chi connectivity index (χ2v) is 8.78. The molecule has 0 aliphatic heterocycles. The topological polar surface area (TPSA) is 181 Å². The summed E-state index contributed by atoms with van der Waals surface area (Å²) < 4.78 is 5.32. The lowest BCUT2D eigenvalue weighted by atomic mass is 9.94. The highest BCUT2D eigenvalue weighted by Gasteiger charge is 2.38. The van der Waals surface area contributed by atoms with Crippen LogP contribution in [-0.2, 0) is 27.2 Å². The largest absolute Gasteiger partial charge is 0.433 e. The zero-order chi connectivity index (χ0) is 26.3. The van der Waals surface area contributed by atoms with Crippen molar-refractivity contribution in [1.29, 1.82) is 0 Å². The van der Waals surface area contributed by atoms with Crippen molar-refractivity contribution < 1.29 is 19.1 Å². The molecule has 12 heteroatoms. The number of carbonyl (C=O) groups is 3. The molecule has 0 saturated heterocycles. The van der Waals surface area contributed by atoms with Crippen LogP contribution in [0.1, 0.15) is 36.3 Å². The Labute approximate surface area is 212 Å². The predicted octanol–water partition coefficient (Wildman–Crippen LogP) is 1.68. The van der Waals surface area contributed by atoms with E-state index in [9.17, 15) is 14.4 Å². The molecule has 0 fully saturated rings. The summed E-state index contributed by atoms with van der Waals surface area (Å²) in [6, 6.07) is 16.3. The highest BCUT2D eigenvalue weighted by Crippen LogP contribution is 2.25. The number of aromatic nitrogens is 5. The number of rotatable bonds is 11. The van der Waals surface area contributed by atoms with E-state index in [1.54, 1.807) is 6.20 Å². The second kappa shape index (κ2) is 11.3. The predicted molar refractivity (Wildman–Crippen MR) is 134 cm³/mol. The van der Waals surface area contributed by atoms with Gasteiger partial charge in [0.25, 0.3) is 5.91 Å². The van der Waals surface area contributed by atoms with Gasteiger partial charge in [0, 0.05) is 42.9 Å². The molecule has 2 atom stereocenters. The van der Waals surface area contributed by atoms with Crippen LogP contribution in [0.25, 0.3) is 10.9 Å². The van der Waals surface area contributed by atoms with E-state index in [1.807, 2.05) is 54.6 Å². The van der Waals surface area contributed by atoms with Gasteiger partial charge in [-0.1, -0.05) is 48.5 Å². The molecule has 0 spiro atoms. The van der Waals surface area contributed by atoms with Crippen LogP contribution in [0.4, 0.5) is 4.79 Å². The minimum absolute atomic E-state index is 0.0596. The highest BCUT2D eigenvalue weighted by molar-refractivity contribution is 5.89. The monoisotopic (exact) mass is 504 g/mol. The van der Waals surface area contributed by atoms with Gasteiger partial charge in [-0.3, -0.25) is 9.59 Å². The molecule has 37 heavy (non-hydrogen) atoms. The van der Waals surface area contributed by atoms with Crippen LogP contribution in [-0.4, -0.2) is 55.7 Å². The van der Waals surface area contributed by atoms with Crippen LogP contribution in [0.15, 0.2) is 60.8 Å². The Hall–Kier alpha value is -4.74. The Morgan fingerprint density at radius 2 is 1.86 bits per heavy atom. The van der Waals surface area contributed by atoms with E-state index >= 15 is 0 Å². The smallest absolute Gasteiger partial charge is 0.405 e. The lowest BCUT2D eigenvalue weighted by Crippen LogP contribution is -2.52. The molecule has 2 heterocycles. The second-order valence-electron chi connectivity index (χ2n) is 8.78. The third kappa shape index (κ3) is 6.48. The maximum absolute atomic E-state index is 13.4. The van der Waals surface area contributed by atoms with Gasteiger partial charge >= 0.3 is 6.09 Å². The van der Waals surface area contributed by atoms with Crippen molar-refractivity contribution in [2.75, 3.05) is 6.54 Å². The Morgan fingerprint density at radius 3 is 2.59 bits per heavy atom. The summed E-state index contributed by atoms with van der Waals surface area (Å²) in [7, 11) is 0. The average Bonchev–Trinajstić information content (AvgIpc) is 3.55. The number of nitrogens with two attached hydrogens (primary N) is 1. The van der Waals surface area contributed by atoms with Crippen LogP contribution in [0.5, 0.6) is 0 Å². The molecule has 2 aromatic heterocycles. The average molecular weight is 505 g/mol. The number of benzene rings is 2. The molecule has 2 aromatic carbocycles. The molecule has 0 radical (unpaired) electrons. The van der Waals surface area contributed by atoms with Crippen LogP contribution in [0, 0.1) is 0 Å². The van der Waals surface area contributed by atoms with E-state index in [0.29, 0.717) is 12.2 Å². The summed E-state index contributed by atoms with van der Waals surface area (Å²) in [6.45, 7) is 1.57. The number of tetrazole rings is 1. The quantitative estimate of drug-likeness (QED) is 0.206. The molecule has 6 N–H and O–H groups in total. The van der Waals surface area contributed by atoms with Gasteiger partial charge in [0.1, 0.15) is 5.82 Å². The molecule has 0 aliphatic carbocycles. The molecule has 12 nitrogen and oxygen atoms in total. The van der Waals surface area contributed by atoms with Gasteiger partial charge in [0.05, 0.1) is 6.04 Å². The van der Waals surface area contributed by atoms with Crippen molar-refractivity contribution in [2.24, 2.45) is 5.73 Å². The number of para-hydroxylation sites is 1. The number of carbonyl (C=O) groups excluding carboxylic acids is 3. The minimum Gasteiger partial charge on any atom is -0.433 e. The number of aryl methyl sites for hydroxylation is 1. The van der Waals surface area contributed by atoms with Crippen LogP contribution in [0.3, 0.4) is 0 Å². The Balaban J connectivity index is 1.47. The van der Waals surface area contributed by atoms with Crippen molar-refractivity contribution in [3.63, 3.8) is 0 Å². The van der Waals surface area contributed by atoms with Gasteiger partial charge in [-0.25, -0.2) is 9.89 Å². The number of hydrogen-bond acceptors (Lipinski definition) is 7. The number of aromatic amines is 2. The van der Waals surface area contributed by atoms with Crippen LogP contribution < -0.4 is 16.4 Å². The molecule has 2 unspecified atom stereocenters. The molecular formula is C25H28N8O4. The first-order chi connectivity index (χ1) is 17.8. The van der Waals surface area contributed by atoms with Crippen molar-refractivity contribution in [1.82, 2.24) is 36.2 Å². The first-order valence-corrected chi connectivity index (χ1v) is 11.7. The normalized spacial score (nSPS) is 13.4. The number of fused-ring (bicyclic) bond motifs is 1. The third-order valence-corrected chi connectivity index (χ3v) is 5.99. The van der Waals surface area contributed by atoms with Gasteiger partial charge in [0.15, 0.2) is 5.60 Å². The SMILES string of the molecule is CC(Cc1c[nH]c2ccccc12)(OC(N)=O)C(=O)NCC(NC(=O)CCc1nnn[nH]1)c1ccccc1. The van der Waals surface area contributed by atoms with Crippen molar-refractivity contribution in [2.45, 2.75) is 37.8 Å². The number of hydrogen-bond donors (Lipinski definition) is 5. The highest BCUT2D eigenvalue weighted by atomic mass is 16.6. The molecule has 3 amide bonds. The molecule has 0 bridgehead atoms. The Kier molecular flexibility index (Phi) is 7.77. The summed E-state index contributed by atoms with van der Waals surface area (Å²) in [5.41, 5.74) is 6.23. The summed E-state index contributed by atoms with van der Waals surface area (Å²) >= 11 is 0. The molecule has 0 saturated carbocycles. The van der Waals surface area contributed by atoms with E-state index in [-0.39, 0.29) is 25.3 Å². The first kappa shape index (κ1) is 25.4.